The van der Waals surface area contributed by atoms with E-state index in [0.717, 1.165) is 16.7 Å². The van der Waals surface area contributed by atoms with Gasteiger partial charge in [0, 0.05) is 5.56 Å². The van der Waals surface area contributed by atoms with Gasteiger partial charge in [0.2, 0.25) is 0 Å². The number of rotatable bonds is 5. The van der Waals surface area contributed by atoms with E-state index in [1.54, 1.807) is 31.4 Å². The summed E-state index contributed by atoms with van der Waals surface area (Å²) >= 11 is 0. The predicted molar refractivity (Wildman–Crippen MR) is 80.8 cm³/mol. The van der Waals surface area contributed by atoms with E-state index in [2.05, 4.69) is 0 Å². The Morgan fingerprint density at radius 3 is 2.43 bits per heavy atom. The number of ether oxygens (including phenoxy) is 1. The van der Waals surface area contributed by atoms with Crippen LogP contribution in [0.15, 0.2) is 42.5 Å². The second-order valence-corrected chi connectivity index (χ2v) is 5.01. The maximum atomic E-state index is 10.8. The Bertz CT molecular complexity index is 632. The van der Waals surface area contributed by atoms with Gasteiger partial charge in [-0.1, -0.05) is 25.1 Å². The first kappa shape index (κ1) is 14.9. The van der Waals surface area contributed by atoms with Crippen molar-refractivity contribution in [1.29, 1.82) is 0 Å². The number of aliphatic carboxylic acids is 1. The second kappa shape index (κ2) is 6.31. The minimum atomic E-state index is -0.815. The number of carboxylic acids is 1. The lowest BCUT2D eigenvalue weighted by Crippen LogP contribution is -2.03. The van der Waals surface area contributed by atoms with Crippen LogP contribution in [0.3, 0.4) is 0 Å². The highest BCUT2D eigenvalue weighted by Gasteiger charge is 2.14. The number of carboxylic acid groups (broad SMARTS) is 1. The molecule has 2 rings (SSSR count). The fourth-order valence-corrected chi connectivity index (χ4v) is 2.28. The van der Waals surface area contributed by atoms with Gasteiger partial charge in [0.05, 0.1) is 13.5 Å². The van der Waals surface area contributed by atoms with E-state index in [4.69, 9.17) is 9.84 Å². The number of hydrogen-bond acceptors (Lipinski definition) is 3. The van der Waals surface area contributed by atoms with Crippen LogP contribution in [0.2, 0.25) is 0 Å². The van der Waals surface area contributed by atoms with E-state index >= 15 is 0 Å². The van der Waals surface area contributed by atoms with Crippen molar-refractivity contribution in [2.45, 2.75) is 19.3 Å². The van der Waals surface area contributed by atoms with Crippen molar-refractivity contribution in [2.24, 2.45) is 0 Å². The molecule has 2 aromatic rings. The maximum absolute atomic E-state index is 10.8. The second-order valence-electron chi connectivity index (χ2n) is 5.01. The van der Waals surface area contributed by atoms with Crippen molar-refractivity contribution in [2.75, 3.05) is 7.11 Å². The van der Waals surface area contributed by atoms with Crippen molar-refractivity contribution >= 4 is 5.97 Å². The zero-order valence-electron chi connectivity index (χ0n) is 12.0. The summed E-state index contributed by atoms with van der Waals surface area (Å²) in [5.74, 6) is 0.0221. The molecule has 2 N–H and O–H groups in total. The third-order valence-corrected chi connectivity index (χ3v) is 3.45. The molecule has 0 aliphatic rings. The van der Waals surface area contributed by atoms with Crippen molar-refractivity contribution < 1.29 is 19.7 Å². The van der Waals surface area contributed by atoms with Crippen LogP contribution in [0.1, 0.15) is 24.8 Å². The molecule has 0 saturated carbocycles. The smallest absolute Gasteiger partial charge is 0.303 e. The van der Waals surface area contributed by atoms with Crippen LogP contribution < -0.4 is 4.74 Å². The van der Waals surface area contributed by atoms with E-state index in [0.29, 0.717) is 5.75 Å². The molecule has 0 aromatic heterocycles. The molecule has 4 heteroatoms. The zero-order chi connectivity index (χ0) is 15.4. The largest absolute Gasteiger partial charge is 0.508 e. The van der Waals surface area contributed by atoms with Crippen molar-refractivity contribution in [1.82, 2.24) is 0 Å². The van der Waals surface area contributed by atoms with Gasteiger partial charge >= 0.3 is 5.97 Å². The van der Waals surface area contributed by atoms with E-state index in [9.17, 15) is 9.90 Å². The van der Waals surface area contributed by atoms with Crippen molar-refractivity contribution in [3.8, 4) is 22.6 Å². The van der Waals surface area contributed by atoms with Gasteiger partial charge in [-0.15, -0.1) is 0 Å². The molecule has 0 fully saturated rings. The molecule has 1 atom stereocenters. The first-order valence-corrected chi connectivity index (χ1v) is 6.70. The monoisotopic (exact) mass is 286 g/mol. The molecule has 2 aromatic carbocycles. The number of methoxy groups -OCH3 is 1. The number of phenolic OH excluding ortho intramolecular Hbond substituents is 1. The third-order valence-electron chi connectivity index (χ3n) is 3.45. The van der Waals surface area contributed by atoms with Crippen LogP contribution in [0.4, 0.5) is 0 Å². The normalized spacial score (nSPS) is 11.9. The Morgan fingerprint density at radius 2 is 1.86 bits per heavy atom. The SMILES string of the molecule is COc1ccc(C(C)CC(=O)O)cc1-c1ccc(O)cc1. The minimum absolute atomic E-state index is 0.0794. The molecule has 0 radical (unpaired) electrons. The number of benzene rings is 2. The highest BCUT2D eigenvalue weighted by Crippen LogP contribution is 2.34. The Kier molecular flexibility index (Phi) is 4.48. The van der Waals surface area contributed by atoms with E-state index in [1.807, 2.05) is 25.1 Å². The molecular weight excluding hydrogens is 268 g/mol. The highest BCUT2D eigenvalue weighted by molar-refractivity contribution is 5.73. The van der Waals surface area contributed by atoms with Crippen LogP contribution in [-0.2, 0) is 4.79 Å². The first-order chi connectivity index (χ1) is 10.0. The third kappa shape index (κ3) is 3.54. The number of phenols is 1. The Morgan fingerprint density at radius 1 is 1.19 bits per heavy atom. The lowest BCUT2D eigenvalue weighted by Gasteiger charge is -2.14. The summed E-state index contributed by atoms with van der Waals surface area (Å²) in [6.07, 6.45) is 0.0847. The lowest BCUT2D eigenvalue weighted by molar-refractivity contribution is -0.137. The van der Waals surface area contributed by atoms with Crippen LogP contribution in [0.5, 0.6) is 11.5 Å². The average molecular weight is 286 g/mol. The summed E-state index contributed by atoms with van der Waals surface area (Å²) < 4.78 is 5.37. The van der Waals surface area contributed by atoms with Gasteiger partial charge in [-0.2, -0.15) is 0 Å². The topological polar surface area (TPSA) is 66.8 Å². The van der Waals surface area contributed by atoms with E-state index in [1.165, 1.54) is 0 Å². The van der Waals surface area contributed by atoms with Gasteiger partial charge in [-0.05, 0) is 41.3 Å². The number of carbonyl (C=O) groups is 1. The Hall–Kier alpha value is -2.49. The standard InChI is InChI=1S/C17H18O4/c1-11(9-17(19)20)13-5-8-16(21-2)15(10-13)12-3-6-14(18)7-4-12/h3-8,10-11,18H,9H2,1-2H3,(H,19,20). The van der Waals surface area contributed by atoms with Gasteiger partial charge in [0.1, 0.15) is 11.5 Å². The zero-order valence-corrected chi connectivity index (χ0v) is 12.0. The molecule has 0 aliphatic heterocycles. The first-order valence-electron chi connectivity index (χ1n) is 6.70. The summed E-state index contributed by atoms with van der Waals surface area (Å²) in [7, 11) is 1.60. The molecule has 0 spiro atoms. The van der Waals surface area contributed by atoms with Gasteiger partial charge in [0.25, 0.3) is 0 Å². The summed E-state index contributed by atoms with van der Waals surface area (Å²) in [6, 6.07) is 12.5. The molecule has 1 unspecified atom stereocenters. The lowest BCUT2D eigenvalue weighted by atomic mass is 9.93. The van der Waals surface area contributed by atoms with Gasteiger partial charge in [-0.25, -0.2) is 0 Å². The molecule has 0 bridgehead atoms. The molecule has 4 nitrogen and oxygen atoms in total. The van der Waals surface area contributed by atoms with Crippen molar-refractivity contribution in [3.63, 3.8) is 0 Å². The van der Waals surface area contributed by atoms with E-state index < -0.39 is 5.97 Å². The highest BCUT2D eigenvalue weighted by atomic mass is 16.5. The van der Waals surface area contributed by atoms with E-state index in [-0.39, 0.29) is 18.1 Å². The molecule has 0 saturated heterocycles. The summed E-state index contributed by atoms with van der Waals surface area (Å²) in [4.78, 5) is 10.8. The van der Waals surface area contributed by atoms with Crippen LogP contribution >= 0.6 is 0 Å². The molecule has 110 valence electrons. The van der Waals surface area contributed by atoms with Crippen molar-refractivity contribution in [3.05, 3.63) is 48.0 Å². The maximum Gasteiger partial charge on any atom is 0.303 e. The summed E-state index contributed by atoms with van der Waals surface area (Å²) in [5.41, 5.74) is 2.74. The van der Waals surface area contributed by atoms with Crippen LogP contribution in [0.25, 0.3) is 11.1 Å². The average Bonchev–Trinajstić information content (AvgIpc) is 2.46. The molecular formula is C17H18O4. The number of aromatic hydroxyl groups is 1. The Labute approximate surface area is 123 Å². The van der Waals surface area contributed by atoms with Gasteiger partial charge in [0.15, 0.2) is 0 Å². The molecule has 0 aliphatic carbocycles. The molecule has 0 heterocycles. The quantitative estimate of drug-likeness (QED) is 0.880. The van der Waals surface area contributed by atoms with Gasteiger partial charge < -0.3 is 14.9 Å². The molecule has 21 heavy (non-hydrogen) atoms. The fraction of sp³-hybridized carbons (Fsp3) is 0.235. The summed E-state index contributed by atoms with van der Waals surface area (Å²) in [5, 5.41) is 18.3. The van der Waals surface area contributed by atoms with Gasteiger partial charge in [-0.3, -0.25) is 4.79 Å². The Balaban J connectivity index is 2.43. The van der Waals surface area contributed by atoms with Crippen LogP contribution in [0, 0.1) is 0 Å². The predicted octanol–water partition coefficient (Wildman–Crippen LogP) is 3.65. The van der Waals surface area contributed by atoms with Crippen LogP contribution in [-0.4, -0.2) is 23.3 Å². The molecule has 0 amide bonds. The summed E-state index contributed by atoms with van der Waals surface area (Å²) in [6.45, 7) is 1.89. The fourth-order valence-electron chi connectivity index (χ4n) is 2.28. The number of hydrogen-bond donors (Lipinski definition) is 2. The minimum Gasteiger partial charge on any atom is -0.508 e.